The summed E-state index contributed by atoms with van der Waals surface area (Å²) in [5, 5.41) is 2.75. The predicted molar refractivity (Wildman–Crippen MR) is 90.2 cm³/mol. The van der Waals surface area contributed by atoms with Crippen LogP contribution in [0.2, 0.25) is 0 Å². The summed E-state index contributed by atoms with van der Waals surface area (Å²) >= 11 is 0. The molecule has 3 nitrogen and oxygen atoms in total. The fourth-order valence-electron chi connectivity index (χ4n) is 2.26. The Bertz CT molecular complexity index is 701. The number of nitrogens with one attached hydrogen (secondary N) is 1. The molecular formula is C18H20FNO2S. The number of amides is 1. The maximum Gasteiger partial charge on any atom is 0.230 e. The maximum atomic E-state index is 13.9. The Morgan fingerprint density at radius 3 is 2.35 bits per heavy atom. The molecule has 0 aliphatic carbocycles. The van der Waals surface area contributed by atoms with E-state index in [1.165, 1.54) is 6.07 Å². The van der Waals surface area contributed by atoms with Gasteiger partial charge in [-0.2, -0.15) is 0 Å². The fourth-order valence-corrected chi connectivity index (χ4v) is 3.24. The second kappa shape index (κ2) is 7.51. The summed E-state index contributed by atoms with van der Waals surface area (Å²) in [6, 6.07) is 15.3. The molecule has 0 bridgehead atoms. The predicted octanol–water partition coefficient (Wildman–Crippen LogP) is 3.03. The Kier molecular flexibility index (Phi) is 5.66. The molecule has 1 atom stereocenters. The highest BCUT2D eigenvalue weighted by Crippen LogP contribution is 2.25. The standard InChI is InChI=1S/C18H20FNO2S/c1-18(2,15-10-6-7-11-16(15)19)17(21)20-12-13-23(22)14-8-4-3-5-9-14/h3-11H,12-13H2,1-2H3,(H,20,21)/t23-/m1/s1. The molecule has 2 rings (SSSR count). The molecule has 5 heteroatoms. The molecule has 1 amide bonds. The van der Waals surface area contributed by atoms with Crippen LogP contribution in [0.25, 0.3) is 0 Å². The van der Waals surface area contributed by atoms with E-state index in [2.05, 4.69) is 5.32 Å². The summed E-state index contributed by atoms with van der Waals surface area (Å²) in [7, 11) is -1.16. The van der Waals surface area contributed by atoms with E-state index in [0.29, 0.717) is 11.3 Å². The van der Waals surface area contributed by atoms with Crippen LogP contribution in [0.15, 0.2) is 59.5 Å². The zero-order valence-electron chi connectivity index (χ0n) is 13.2. The molecule has 0 radical (unpaired) electrons. The van der Waals surface area contributed by atoms with Gasteiger partial charge in [-0.15, -0.1) is 0 Å². The Morgan fingerprint density at radius 1 is 1.09 bits per heavy atom. The van der Waals surface area contributed by atoms with Gasteiger partial charge in [-0.3, -0.25) is 9.00 Å². The third-order valence-corrected chi connectivity index (χ3v) is 5.07. The van der Waals surface area contributed by atoms with Crippen molar-refractivity contribution < 1.29 is 13.4 Å². The van der Waals surface area contributed by atoms with Crippen LogP contribution in [0.5, 0.6) is 0 Å². The van der Waals surface area contributed by atoms with E-state index >= 15 is 0 Å². The highest BCUT2D eigenvalue weighted by Gasteiger charge is 2.31. The van der Waals surface area contributed by atoms with Gasteiger partial charge in [0.05, 0.1) is 16.2 Å². The summed E-state index contributed by atoms with van der Waals surface area (Å²) < 4.78 is 26.0. The Hall–Kier alpha value is -2.01. The quantitative estimate of drug-likeness (QED) is 0.883. The minimum absolute atomic E-state index is 0.276. The Labute approximate surface area is 138 Å². The molecule has 0 saturated heterocycles. The molecule has 0 aliphatic rings. The first kappa shape index (κ1) is 17.3. The van der Waals surface area contributed by atoms with Gasteiger partial charge >= 0.3 is 0 Å². The van der Waals surface area contributed by atoms with E-state index in [0.717, 1.165) is 4.90 Å². The summed E-state index contributed by atoms with van der Waals surface area (Å²) in [4.78, 5) is 13.1. The van der Waals surface area contributed by atoms with Gasteiger partial charge < -0.3 is 5.32 Å². The molecular weight excluding hydrogens is 313 g/mol. The molecule has 0 fully saturated rings. The lowest BCUT2D eigenvalue weighted by Crippen LogP contribution is -2.42. The number of carbonyl (C=O) groups is 1. The van der Waals surface area contributed by atoms with Crippen LogP contribution in [0.3, 0.4) is 0 Å². The molecule has 0 saturated carbocycles. The molecule has 122 valence electrons. The zero-order valence-corrected chi connectivity index (χ0v) is 14.0. The monoisotopic (exact) mass is 333 g/mol. The lowest BCUT2D eigenvalue weighted by Gasteiger charge is -2.24. The minimum Gasteiger partial charge on any atom is -0.354 e. The van der Waals surface area contributed by atoms with E-state index in [-0.39, 0.29) is 12.5 Å². The molecule has 2 aromatic rings. The van der Waals surface area contributed by atoms with Crippen molar-refractivity contribution in [2.45, 2.75) is 24.2 Å². The second-order valence-corrected chi connectivity index (χ2v) is 7.29. The van der Waals surface area contributed by atoms with Gasteiger partial charge in [-0.25, -0.2) is 4.39 Å². The average Bonchev–Trinajstić information content (AvgIpc) is 2.55. The van der Waals surface area contributed by atoms with E-state index < -0.39 is 22.0 Å². The Morgan fingerprint density at radius 2 is 1.70 bits per heavy atom. The lowest BCUT2D eigenvalue weighted by atomic mass is 9.83. The van der Waals surface area contributed by atoms with Crippen LogP contribution in [-0.4, -0.2) is 22.4 Å². The van der Waals surface area contributed by atoms with Crippen molar-refractivity contribution in [2.24, 2.45) is 0 Å². The number of halogens is 1. The second-order valence-electron chi connectivity index (χ2n) is 5.72. The van der Waals surface area contributed by atoms with Gasteiger partial charge in [0.15, 0.2) is 0 Å². The topological polar surface area (TPSA) is 46.2 Å². The van der Waals surface area contributed by atoms with Crippen molar-refractivity contribution in [3.8, 4) is 0 Å². The first-order valence-corrected chi connectivity index (χ1v) is 8.71. The van der Waals surface area contributed by atoms with Gasteiger partial charge in [0.25, 0.3) is 0 Å². The number of benzene rings is 2. The summed E-state index contributed by atoms with van der Waals surface area (Å²) in [6.45, 7) is 3.63. The van der Waals surface area contributed by atoms with E-state index in [1.807, 2.05) is 18.2 Å². The molecule has 2 aromatic carbocycles. The smallest absolute Gasteiger partial charge is 0.230 e. The number of rotatable bonds is 6. The SMILES string of the molecule is CC(C)(C(=O)NCC[S@@](=O)c1ccccc1)c1ccccc1F. The molecule has 0 aromatic heterocycles. The molecule has 23 heavy (non-hydrogen) atoms. The van der Waals surface area contributed by atoms with Crippen molar-refractivity contribution >= 4 is 16.7 Å². The molecule has 0 spiro atoms. The highest BCUT2D eigenvalue weighted by molar-refractivity contribution is 7.85. The van der Waals surface area contributed by atoms with E-state index in [9.17, 15) is 13.4 Å². The number of carbonyl (C=O) groups excluding carboxylic acids is 1. The van der Waals surface area contributed by atoms with Crippen molar-refractivity contribution in [3.63, 3.8) is 0 Å². The maximum absolute atomic E-state index is 13.9. The third-order valence-electron chi connectivity index (χ3n) is 3.69. The largest absolute Gasteiger partial charge is 0.354 e. The van der Waals surface area contributed by atoms with Gasteiger partial charge in [0.2, 0.25) is 5.91 Å². The molecule has 0 unspecified atom stereocenters. The van der Waals surface area contributed by atoms with Gasteiger partial charge in [-0.05, 0) is 32.0 Å². The van der Waals surface area contributed by atoms with Crippen LogP contribution in [0, 0.1) is 5.82 Å². The van der Waals surface area contributed by atoms with Gasteiger partial charge in [-0.1, -0.05) is 36.4 Å². The van der Waals surface area contributed by atoms with Gasteiger partial charge in [0.1, 0.15) is 5.82 Å². The first-order valence-electron chi connectivity index (χ1n) is 7.39. The molecule has 1 N–H and O–H groups in total. The Balaban J connectivity index is 1.94. The molecule has 0 aliphatic heterocycles. The summed E-state index contributed by atoms with van der Waals surface area (Å²) in [6.07, 6.45) is 0. The van der Waals surface area contributed by atoms with Crippen LogP contribution in [-0.2, 0) is 21.0 Å². The van der Waals surface area contributed by atoms with Crippen molar-refractivity contribution in [3.05, 3.63) is 66.0 Å². The van der Waals surface area contributed by atoms with Crippen molar-refractivity contribution in [1.82, 2.24) is 5.32 Å². The van der Waals surface area contributed by atoms with E-state index in [1.54, 1.807) is 44.2 Å². The van der Waals surface area contributed by atoms with Gasteiger partial charge in [0, 0.05) is 22.8 Å². The van der Waals surface area contributed by atoms with Crippen LogP contribution >= 0.6 is 0 Å². The summed E-state index contributed by atoms with van der Waals surface area (Å²) in [5.41, 5.74) is -0.638. The minimum atomic E-state index is -1.16. The van der Waals surface area contributed by atoms with E-state index in [4.69, 9.17) is 0 Å². The van der Waals surface area contributed by atoms with Crippen LogP contribution < -0.4 is 5.32 Å². The van der Waals surface area contributed by atoms with Crippen molar-refractivity contribution in [2.75, 3.05) is 12.3 Å². The van der Waals surface area contributed by atoms with Crippen LogP contribution in [0.4, 0.5) is 4.39 Å². The number of hydrogen-bond acceptors (Lipinski definition) is 2. The number of hydrogen-bond donors (Lipinski definition) is 1. The lowest BCUT2D eigenvalue weighted by molar-refractivity contribution is -0.125. The highest BCUT2D eigenvalue weighted by atomic mass is 32.2. The zero-order chi connectivity index (χ0) is 16.9. The average molecular weight is 333 g/mol. The van der Waals surface area contributed by atoms with Crippen molar-refractivity contribution in [1.29, 1.82) is 0 Å². The normalized spacial score (nSPS) is 12.7. The third kappa shape index (κ3) is 4.26. The van der Waals surface area contributed by atoms with Crippen LogP contribution in [0.1, 0.15) is 19.4 Å². The first-order chi connectivity index (χ1) is 10.9. The fraction of sp³-hybridized carbons (Fsp3) is 0.278. The molecule has 0 heterocycles. The summed E-state index contributed by atoms with van der Waals surface area (Å²) in [5.74, 6) is -0.364.